The second-order valence-electron chi connectivity index (χ2n) is 5.83. The third kappa shape index (κ3) is 3.30. The maximum Gasteiger partial charge on any atom is 0.326 e. The third-order valence-electron chi connectivity index (χ3n) is 3.97. The van der Waals surface area contributed by atoms with Gasteiger partial charge in [0.1, 0.15) is 13.2 Å². The number of esters is 1. The van der Waals surface area contributed by atoms with Crippen molar-refractivity contribution >= 4 is 23.5 Å². The summed E-state index contributed by atoms with van der Waals surface area (Å²) in [6.07, 6.45) is 0. The number of ether oxygens (including phenoxy) is 1. The predicted octanol–water partition coefficient (Wildman–Crippen LogP) is 2.24. The number of aryl methyl sites for hydroxylation is 1. The number of fused-ring (bicyclic) bond motifs is 1. The Balaban J connectivity index is 1.67. The fourth-order valence-corrected chi connectivity index (χ4v) is 2.56. The summed E-state index contributed by atoms with van der Waals surface area (Å²) < 4.78 is 5.09. The van der Waals surface area contributed by atoms with E-state index >= 15 is 0 Å². The van der Waals surface area contributed by atoms with Crippen molar-refractivity contribution in [3.8, 4) is 0 Å². The number of hydrogen-bond donors (Lipinski definition) is 0. The topological polar surface area (TPSA) is 107 Å². The fraction of sp³-hybridized carbons (Fsp3) is 0.167. The van der Waals surface area contributed by atoms with E-state index in [1.807, 2.05) is 31.2 Å². The summed E-state index contributed by atoms with van der Waals surface area (Å²) in [6.45, 7) is 1.40. The number of nitro benzene ring substituents is 1. The van der Waals surface area contributed by atoms with Crippen LogP contribution in [0.5, 0.6) is 0 Å². The molecule has 0 fully saturated rings. The van der Waals surface area contributed by atoms with Gasteiger partial charge in [0.25, 0.3) is 17.5 Å². The highest BCUT2D eigenvalue weighted by molar-refractivity contribution is 6.22. The first-order valence-electron chi connectivity index (χ1n) is 7.72. The van der Waals surface area contributed by atoms with Gasteiger partial charge in [-0.25, -0.2) is 0 Å². The third-order valence-corrected chi connectivity index (χ3v) is 3.97. The van der Waals surface area contributed by atoms with Crippen LogP contribution in [0.3, 0.4) is 0 Å². The number of amides is 2. The zero-order valence-corrected chi connectivity index (χ0v) is 13.8. The number of non-ortho nitro benzene ring substituents is 1. The Morgan fingerprint density at radius 1 is 1.08 bits per heavy atom. The van der Waals surface area contributed by atoms with Gasteiger partial charge in [-0.2, -0.15) is 0 Å². The average molecular weight is 354 g/mol. The Labute approximate surface area is 148 Å². The summed E-state index contributed by atoms with van der Waals surface area (Å²) in [5.74, 6) is -2.16. The molecule has 0 bridgehead atoms. The zero-order chi connectivity index (χ0) is 18.8. The second-order valence-corrected chi connectivity index (χ2v) is 5.83. The lowest BCUT2D eigenvalue weighted by molar-refractivity contribution is -0.384. The molecule has 0 atom stereocenters. The summed E-state index contributed by atoms with van der Waals surface area (Å²) in [4.78, 5) is 47.4. The van der Waals surface area contributed by atoms with Crippen LogP contribution in [0.1, 0.15) is 31.8 Å². The molecule has 0 radical (unpaired) electrons. The van der Waals surface area contributed by atoms with Crippen LogP contribution >= 0.6 is 0 Å². The highest BCUT2D eigenvalue weighted by Crippen LogP contribution is 2.26. The van der Waals surface area contributed by atoms with Gasteiger partial charge in [-0.1, -0.05) is 29.8 Å². The number of imide groups is 1. The maximum absolute atomic E-state index is 12.3. The maximum atomic E-state index is 12.3. The smallest absolute Gasteiger partial charge is 0.326 e. The average Bonchev–Trinajstić information content (AvgIpc) is 2.85. The minimum Gasteiger partial charge on any atom is -0.459 e. The summed E-state index contributed by atoms with van der Waals surface area (Å²) in [7, 11) is 0. The monoisotopic (exact) mass is 354 g/mol. The Morgan fingerprint density at radius 3 is 2.38 bits per heavy atom. The summed E-state index contributed by atoms with van der Waals surface area (Å²) in [5.41, 5.74) is 1.50. The van der Waals surface area contributed by atoms with Gasteiger partial charge in [-0.15, -0.1) is 0 Å². The number of carbonyl (C=O) groups is 3. The number of benzene rings is 2. The number of nitro groups is 1. The SMILES string of the molecule is Cc1ccc(COC(=O)CN2C(=O)c3ccc([N+](=O)[O-])cc3C2=O)cc1. The molecular weight excluding hydrogens is 340 g/mol. The van der Waals surface area contributed by atoms with Crippen molar-refractivity contribution in [2.45, 2.75) is 13.5 Å². The van der Waals surface area contributed by atoms with Gasteiger partial charge in [0, 0.05) is 12.1 Å². The predicted molar refractivity (Wildman–Crippen MR) is 89.4 cm³/mol. The van der Waals surface area contributed by atoms with Gasteiger partial charge in [-0.05, 0) is 18.6 Å². The Morgan fingerprint density at radius 2 is 1.73 bits per heavy atom. The molecule has 1 aliphatic heterocycles. The molecule has 1 heterocycles. The summed E-state index contributed by atoms with van der Waals surface area (Å²) >= 11 is 0. The lowest BCUT2D eigenvalue weighted by Gasteiger charge is -2.13. The molecular formula is C18H14N2O6. The quantitative estimate of drug-likeness (QED) is 0.353. The van der Waals surface area contributed by atoms with Crippen molar-refractivity contribution in [3.63, 3.8) is 0 Å². The molecule has 8 heteroatoms. The molecule has 0 aliphatic carbocycles. The number of nitrogens with zero attached hydrogens (tertiary/aromatic N) is 2. The highest BCUT2D eigenvalue weighted by Gasteiger charge is 2.38. The van der Waals surface area contributed by atoms with Crippen molar-refractivity contribution in [2.75, 3.05) is 6.54 Å². The highest BCUT2D eigenvalue weighted by atomic mass is 16.6. The van der Waals surface area contributed by atoms with E-state index in [1.165, 1.54) is 6.07 Å². The molecule has 0 spiro atoms. The Hall–Kier alpha value is -3.55. The minimum absolute atomic E-state index is 0.0216. The van der Waals surface area contributed by atoms with E-state index in [4.69, 9.17) is 4.74 Å². The minimum atomic E-state index is -0.749. The molecule has 0 unspecified atom stereocenters. The van der Waals surface area contributed by atoms with Crippen LogP contribution in [0, 0.1) is 17.0 Å². The van der Waals surface area contributed by atoms with Crippen LogP contribution in [0.4, 0.5) is 5.69 Å². The summed E-state index contributed by atoms with van der Waals surface area (Å²) in [6, 6.07) is 10.8. The first kappa shape index (κ1) is 17.3. The molecule has 0 aromatic heterocycles. The second kappa shape index (κ2) is 6.75. The van der Waals surface area contributed by atoms with Crippen LogP contribution in [0.15, 0.2) is 42.5 Å². The van der Waals surface area contributed by atoms with Crippen LogP contribution in [0.2, 0.25) is 0 Å². The molecule has 0 saturated carbocycles. The van der Waals surface area contributed by atoms with E-state index in [1.54, 1.807) is 0 Å². The molecule has 1 aliphatic rings. The van der Waals surface area contributed by atoms with Gasteiger partial charge in [-0.3, -0.25) is 29.4 Å². The van der Waals surface area contributed by atoms with E-state index < -0.39 is 29.3 Å². The van der Waals surface area contributed by atoms with Crippen molar-refractivity contribution in [2.24, 2.45) is 0 Å². The fourth-order valence-electron chi connectivity index (χ4n) is 2.56. The number of rotatable bonds is 5. The first-order chi connectivity index (χ1) is 12.4. The molecule has 2 amide bonds. The summed E-state index contributed by atoms with van der Waals surface area (Å²) in [5, 5.41) is 10.8. The van der Waals surface area contributed by atoms with Crippen LogP contribution in [-0.2, 0) is 16.1 Å². The van der Waals surface area contributed by atoms with Crippen molar-refractivity contribution in [1.29, 1.82) is 0 Å². The van der Waals surface area contributed by atoms with Crippen LogP contribution in [-0.4, -0.2) is 34.2 Å². The molecule has 3 rings (SSSR count). The molecule has 8 nitrogen and oxygen atoms in total. The molecule has 2 aromatic rings. The van der Waals surface area contributed by atoms with E-state index in [0.717, 1.165) is 28.2 Å². The normalized spacial score (nSPS) is 12.9. The zero-order valence-electron chi connectivity index (χ0n) is 13.8. The lowest BCUT2D eigenvalue weighted by Crippen LogP contribution is -2.35. The molecule has 132 valence electrons. The Bertz CT molecular complexity index is 920. The molecule has 0 N–H and O–H groups in total. The lowest BCUT2D eigenvalue weighted by atomic mass is 10.1. The van der Waals surface area contributed by atoms with Gasteiger partial charge in [0.2, 0.25) is 0 Å². The van der Waals surface area contributed by atoms with E-state index in [0.29, 0.717) is 0 Å². The molecule has 2 aromatic carbocycles. The van der Waals surface area contributed by atoms with E-state index in [-0.39, 0.29) is 23.4 Å². The standard InChI is InChI=1S/C18H14N2O6/c1-11-2-4-12(5-3-11)10-26-16(21)9-19-17(22)14-7-6-13(20(24)25)8-15(14)18(19)23/h2-8H,9-10H2,1H3. The van der Waals surface area contributed by atoms with Gasteiger partial charge < -0.3 is 4.74 Å². The van der Waals surface area contributed by atoms with Crippen molar-refractivity contribution < 1.29 is 24.0 Å². The number of hydrogen-bond acceptors (Lipinski definition) is 6. The first-order valence-corrected chi connectivity index (χ1v) is 7.72. The van der Waals surface area contributed by atoms with Crippen molar-refractivity contribution in [1.82, 2.24) is 4.90 Å². The van der Waals surface area contributed by atoms with Gasteiger partial charge >= 0.3 is 5.97 Å². The van der Waals surface area contributed by atoms with E-state index in [9.17, 15) is 24.5 Å². The number of carbonyl (C=O) groups excluding carboxylic acids is 3. The van der Waals surface area contributed by atoms with Crippen LogP contribution in [0.25, 0.3) is 0 Å². The van der Waals surface area contributed by atoms with Crippen molar-refractivity contribution in [3.05, 3.63) is 74.8 Å². The van der Waals surface area contributed by atoms with E-state index in [2.05, 4.69) is 0 Å². The van der Waals surface area contributed by atoms with Crippen LogP contribution < -0.4 is 0 Å². The van der Waals surface area contributed by atoms with Gasteiger partial charge in [0.15, 0.2) is 0 Å². The molecule has 26 heavy (non-hydrogen) atoms. The largest absolute Gasteiger partial charge is 0.459 e. The molecule has 0 saturated heterocycles. The van der Waals surface area contributed by atoms with Gasteiger partial charge in [0.05, 0.1) is 16.1 Å². The Kier molecular flexibility index (Phi) is 4.49.